The van der Waals surface area contributed by atoms with Crippen LogP contribution in [0.2, 0.25) is 5.02 Å². The average Bonchev–Trinajstić information content (AvgIpc) is 2.65. The quantitative estimate of drug-likeness (QED) is 0.477. The normalized spacial score (nSPS) is 12.3. The number of aryl methyl sites for hydroxylation is 1. The van der Waals surface area contributed by atoms with Gasteiger partial charge in [-0.25, -0.2) is 17.5 Å². The number of nitrogens with zero attached hydrogens (tertiary/aromatic N) is 1. The lowest BCUT2D eigenvalue weighted by atomic mass is 10.00. The van der Waals surface area contributed by atoms with Crippen LogP contribution in [-0.2, 0) is 19.6 Å². The topological polar surface area (TPSA) is 72.9 Å². The number of carbonyl (C=O) groups is 1. The molecule has 0 unspecified atom stereocenters. The fourth-order valence-electron chi connectivity index (χ4n) is 3.19. The fraction of sp³-hybridized carbons (Fsp3) is 0.458. The van der Waals surface area contributed by atoms with Gasteiger partial charge in [-0.2, -0.15) is 0 Å². The number of benzene rings is 2. The van der Waals surface area contributed by atoms with Crippen molar-refractivity contribution in [2.24, 2.45) is 5.92 Å². The first-order chi connectivity index (χ1) is 14.7. The molecule has 0 fully saturated rings. The summed E-state index contributed by atoms with van der Waals surface area (Å²) in [6.07, 6.45) is 0. The van der Waals surface area contributed by atoms with Crippen molar-refractivity contribution in [3.05, 3.63) is 47.0 Å². The Bertz CT molecular complexity index is 1070. The van der Waals surface area contributed by atoms with Gasteiger partial charge in [-0.05, 0) is 75.1 Å². The first-order valence-corrected chi connectivity index (χ1v) is 12.2. The SMILES string of the molecule is Cc1ccc(S(=O)(=O)N(C)CC(C)C)cc1-c1cc(Cl)ccc1OCC(=O)OC(C)(C)C. The zero-order valence-corrected chi connectivity index (χ0v) is 21.3. The smallest absolute Gasteiger partial charge is 0.344 e. The van der Waals surface area contributed by atoms with Crippen LogP contribution in [0, 0.1) is 12.8 Å². The first kappa shape index (κ1) is 26.2. The van der Waals surface area contributed by atoms with Crippen molar-refractivity contribution in [2.45, 2.75) is 52.0 Å². The van der Waals surface area contributed by atoms with Gasteiger partial charge in [0.1, 0.15) is 11.4 Å². The summed E-state index contributed by atoms with van der Waals surface area (Å²) >= 11 is 6.23. The Morgan fingerprint density at radius 3 is 2.34 bits per heavy atom. The zero-order chi connectivity index (χ0) is 24.3. The fourth-order valence-corrected chi connectivity index (χ4v) is 4.72. The third kappa shape index (κ3) is 6.95. The van der Waals surface area contributed by atoms with Crippen LogP contribution < -0.4 is 4.74 Å². The summed E-state index contributed by atoms with van der Waals surface area (Å²) in [5.74, 6) is 0.107. The maximum absolute atomic E-state index is 13.1. The standard InChI is InChI=1S/C24H32ClNO5S/c1-16(2)14-26(7)32(28,29)19-10-8-17(3)20(13-19)21-12-18(25)9-11-22(21)30-15-23(27)31-24(4,5)6/h8-13,16H,14-15H2,1-7H3. The summed E-state index contributed by atoms with van der Waals surface area (Å²) in [4.78, 5) is 12.3. The molecule has 0 amide bonds. The molecule has 2 rings (SSSR count). The lowest BCUT2D eigenvalue weighted by molar-refractivity contribution is -0.157. The molecule has 0 aliphatic carbocycles. The molecule has 0 aliphatic rings. The van der Waals surface area contributed by atoms with Gasteiger partial charge in [0.15, 0.2) is 6.61 Å². The highest BCUT2D eigenvalue weighted by molar-refractivity contribution is 7.89. The van der Waals surface area contributed by atoms with Crippen LogP contribution in [0.15, 0.2) is 41.3 Å². The number of hydrogen-bond donors (Lipinski definition) is 0. The minimum atomic E-state index is -3.66. The van der Waals surface area contributed by atoms with Crippen LogP contribution in [0.4, 0.5) is 0 Å². The Labute approximate surface area is 196 Å². The van der Waals surface area contributed by atoms with E-state index < -0.39 is 21.6 Å². The molecule has 0 heterocycles. The molecule has 0 radical (unpaired) electrons. The summed E-state index contributed by atoms with van der Waals surface area (Å²) < 4.78 is 38.5. The minimum absolute atomic E-state index is 0.180. The number of sulfonamides is 1. The zero-order valence-electron chi connectivity index (χ0n) is 19.7. The monoisotopic (exact) mass is 481 g/mol. The number of hydrogen-bond acceptors (Lipinski definition) is 5. The molecular formula is C24H32ClNO5S. The number of halogens is 1. The van der Waals surface area contributed by atoms with E-state index in [0.29, 0.717) is 28.4 Å². The molecule has 0 saturated heterocycles. The molecule has 0 bridgehead atoms. The highest BCUT2D eigenvalue weighted by Crippen LogP contribution is 2.36. The Morgan fingerprint density at radius 1 is 1.09 bits per heavy atom. The highest BCUT2D eigenvalue weighted by atomic mass is 35.5. The Balaban J connectivity index is 2.44. The van der Waals surface area contributed by atoms with Crippen molar-refractivity contribution in [2.75, 3.05) is 20.2 Å². The molecule has 176 valence electrons. The molecule has 6 nitrogen and oxygen atoms in total. The molecule has 0 aliphatic heterocycles. The molecule has 0 saturated carbocycles. The van der Waals surface area contributed by atoms with Crippen LogP contribution >= 0.6 is 11.6 Å². The number of ether oxygens (including phenoxy) is 2. The van der Waals surface area contributed by atoms with E-state index in [1.165, 1.54) is 4.31 Å². The van der Waals surface area contributed by atoms with Gasteiger partial charge in [0.25, 0.3) is 0 Å². The third-order valence-corrected chi connectivity index (χ3v) is 6.59. The second kappa shape index (κ2) is 10.2. The second-order valence-electron chi connectivity index (χ2n) is 9.17. The van der Waals surface area contributed by atoms with Gasteiger partial charge >= 0.3 is 5.97 Å². The Kier molecular flexibility index (Phi) is 8.37. The molecule has 8 heteroatoms. The van der Waals surface area contributed by atoms with Gasteiger partial charge in [-0.1, -0.05) is 31.5 Å². The van der Waals surface area contributed by atoms with E-state index in [9.17, 15) is 13.2 Å². The van der Waals surface area contributed by atoms with Crippen molar-refractivity contribution in [1.29, 1.82) is 0 Å². The van der Waals surface area contributed by atoms with Gasteiger partial charge in [-0.15, -0.1) is 0 Å². The largest absolute Gasteiger partial charge is 0.481 e. The van der Waals surface area contributed by atoms with Crippen molar-refractivity contribution >= 4 is 27.6 Å². The minimum Gasteiger partial charge on any atom is -0.481 e. The van der Waals surface area contributed by atoms with E-state index in [4.69, 9.17) is 21.1 Å². The molecule has 0 spiro atoms. The highest BCUT2D eigenvalue weighted by Gasteiger charge is 2.23. The maximum Gasteiger partial charge on any atom is 0.344 e. The maximum atomic E-state index is 13.1. The van der Waals surface area contributed by atoms with Crippen LogP contribution in [0.5, 0.6) is 5.75 Å². The lowest BCUT2D eigenvalue weighted by Gasteiger charge is -2.21. The van der Waals surface area contributed by atoms with Crippen molar-refractivity contribution < 1.29 is 22.7 Å². The Morgan fingerprint density at radius 2 is 1.75 bits per heavy atom. The summed E-state index contributed by atoms with van der Waals surface area (Å²) in [5.41, 5.74) is 1.48. The van der Waals surface area contributed by atoms with E-state index >= 15 is 0 Å². The van der Waals surface area contributed by atoms with Crippen LogP contribution in [0.25, 0.3) is 11.1 Å². The van der Waals surface area contributed by atoms with Gasteiger partial charge in [0.05, 0.1) is 4.90 Å². The third-order valence-electron chi connectivity index (χ3n) is 4.54. The predicted octanol–water partition coefficient (Wildman–Crippen LogP) is 5.31. The molecule has 0 aromatic heterocycles. The average molecular weight is 482 g/mol. The summed E-state index contributed by atoms with van der Waals surface area (Å²) in [5, 5.41) is 0.467. The lowest BCUT2D eigenvalue weighted by Crippen LogP contribution is -2.30. The van der Waals surface area contributed by atoms with Gasteiger partial charge < -0.3 is 9.47 Å². The Hall–Kier alpha value is -2.09. The molecular weight excluding hydrogens is 450 g/mol. The molecule has 0 N–H and O–H groups in total. The number of carbonyl (C=O) groups excluding carboxylic acids is 1. The molecule has 2 aromatic carbocycles. The molecule has 2 aromatic rings. The number of esters is 1. The summed E-state index contributed by atoms with van der Waals surface area (Å²) in [6, 6.07) is 9.98. The number of rotatable bonds is 8. The second-order valence-corrected chi connectivity index (χ2v) is 11.7. The van der Waals surface area contributed by atoms with Crippen molar-refractivity contribution in [3.8, 4) is 16.9 Å². The van der Waals surface area contributed by atoms with Crippen LogP contribution in [-0.4, -0.2) is 44.5 Å². The van der Waals surface area contributed by atoms with Gasteiger partial charge in [-0.3, -0.25) is 0 Å². The van der Waals surface area contributed by atoms with Gasteiger partial charge in [0, 0.05) is 24.2 Å². The predicted molar refractivity (Wildman–Crippen MR) is 128 cm³/mol. The van der Waals surface area contributed by atoms with Crippen LogP contribution in [0.1, 0.15) is 40.2 Å². The van der Waals surface area contributed by atoms with E-state index in [1.54, 1.807) is 64.2 Å². The summed E-state index contributed by atoms with van der Waals surface area (Å²) in [7, 11) is -2.09. The van der Waals surface area contributed by atoms with E-state index in [0.717, 1.165) is 5.56 Å². The van der Waals surface area contributed by atoms with Crippen molar-refractivity contribution in [1.82, 2.24) is 4.31 Å². The van der Waals surface area contributed by atoms with Crippen LogP contribution in [0.3, 0.4) is 0 Å². The van der Waals surface area contributed by atoms with E-state index in [1.807, 2.05) is 20.8 Å². The first-order valence-electron chi connectivity index (χ1n) is 10.4. The molecule has 0 atom stereocenters. The summed E-state index contributed by atoms with van der Waals surface area (Å²) in [6.45, 7) is 11.3. The molecule has 32 heavy (non-hydrogen) atoms. The van der Waals surface area contributed by atoms with E-state index in [2.05, 4.69) is 0 Å². The van der Waals surface area contributed by atoms with E-state index in [-0.39, 0.29) is 17.4 Å². The van der Waals surface area contributed by atoms with Crippen molar-refractivity contribution in [3.63, 3.8) is 0 Å². The van der Waals surface area contributed by atoms with Gasteiger partial charge in [0.2, 0.25) is 10.0 Å².